The number of carbonyl (C=O) groups is 3. The van der Waals surface area contributed by atoms with Crippen molar-refractivity contribution in [3.05, 3.63) is 130 Å². The van der Waals surface area contributed by atoms with Crippen LogP contribution in [-0.4, -0.2) is 122 Å². The fourth-order valence-electron chi connectivity index (χ4n) is 13.4. The summed E-state index contributed by atoms with van der Waals surface area (Å²) in [5.41, 5.74) is 8.79. The molecule has 4 amide bonds. The number of nitrogens with zero attached hydrogens (tertiary/aromatic N) is 6. The Kier molecular flexibility index (Phi) is 15.0. The van der Waals surface area contributed by atoms with Crippen LogP contribution in [0.15, 0.2) is 119 Å². The molecule has 378 valence electrons. The second kappa shape index (κ2) is 20.5. The van der Waals surface area contributed by atoms with E-state index in [1.807, 2.05) is 0 Å². The van der Waals surface area contributed by atoms with E-state index >= 15 is 0 Å². The van der Waals surface area contributed by atoms with E-state index in [0.29, 0.717) is 12.0 Å². The quantitative estimate of drug-likeness (QED) is 0.0599. The lowest BCUT2D eigenvalue weighted by Gasteiger charge is -2.38. The maximum Gasteiger partial charge on any atom is 0.333 e. The molecule has 2 fully saturated rings. The number of urea groups is 1. The molecule has 1 aliphatic carbocycles. The van der Waals surface area contributed by atoms with Crippen LogP contribution in [0.5, 0.6) is 0 Å². The molecule has 1 atom stereocenters. The van der Waals surface area contributed by atoms with Gasteiger partial charge in [0.25, 0.3) is 11.8 Å². The predicted octanol–water partition coefficient (Wildman–Crippen LogP) is 12.4. The van der Waals surface area contributed by atoms with Crippen LogP contribution < -0.4 is 9.80 Å². The SMILES string of the molecule is CC[N+](CC)(CC)CCCN1/C(=C/C=C2\CCC/C(=C\CC3N(CCC[N+](CC)(CC)CC)c4ccc5ccccc5c4C3(C)C)C2=C2C(=O)N(C)C(=O)N(C)C2=O)C(C)(C)c2c1ccc1ccccc21. The van der Waals surface area contributed by atoms with Gasteiger partial charge in [-0.25, -0.2) is 4.79 Å². The van der Waals surface area contributed by atoms with Gasteiger partial charge in [-0.3, -0.25) is 19.4 Å². The smallest absolute Gasteiger partial charge is 0.333 e. The zero-order valence-corrected chi connectivity index (χ0v) is 45.5. The molecule has 0 radical (unpaired) electrons. The highest BCUT2D eigenvalue weighted by molar-refractivity contribution is 6.29. The van der Waals surface area contributed by atoms with Gasteiger partial charge in [0, 0.05) is 74.0 Å². The minimum absolute atomic E-state index is 0.0967. The lowest BCUT2D eigenvalue weighted by atomic mass is 9.75. The molecule has 3 aliphatic heterocycles. The Morgan fingerprint density at radius 2 is 1.10 bits per heavy atom. The van der Waals surface area contributed by atoms with Crippen molar-refractivity contribution in [2.45, 2.75) is 125 Å². The van der Waals surface area contributed by atoms with Crippen molar-refractivity contribution in [1.82, 2.24) is 9.80 Å². The third-order valence-electron chi connectivity index (χ3n) is 18.3. The normalized spacial score (nSPS) is 21.0. The predicted molar refractivity (Wildman–Crippen MR) is 296 cm³/mol. The van der Waals surface area contributed by atoms with E-state index in [4.69, 9.17) is 0 Å². The lowest BCUT2D eigenvalue weighted by molar-refractivity contribution is -0.923. The molecule has 0 aromatic heterocycles. The highest BCUT2D eigenvalue weighted by Gasteiger charge is 2.47. The Hall–Kier alpha value is -5.51. The van der Waals surface area contributed by atoms with E-state index in [2.05, 4.69) is 170 Å². The lowest BCUT2D eigenvalue weighted by Crippen LogP contribution is -2.53. The van der Waals surface area contributed by atoms with Crippen LogP contribution in [0.1, 0.15) is 119 Å². The van der Waals surface area contributed by atoms with Gasteiger partial charge < -0.3 is 18.8 Å². The van der Waals surface area contributed by atoms with Gasteiger partial charge in [-0.15, -0.1) is 0 Å². The molecule has 9 nitrogen and oxygen atoms in total. The summed E-state index contributed by atoms with van der Waals surface area (Å²) in [6.45, 7) is 34.3. The first-order valence-electron chi connectivity index (χ1n) is 27.2. The van der Waals surface area contributed by atoms with E-state index < -0.39 is 17.8 Å². The van der Waals surface area contributed by atoms with Gasteiger partial charge in [0.15, 0.2) is 0 Å². The summed E-state index contributed by atoms with van der Waals surface area (Å²) in [5, 5.41) is 5.07. The minimum atomic E-state index is -0.603. The fraction of sp³-hybridized carbons (Fsp3) is 0.500. The van der Waals surface area contributed by atoms with Crippen LogP contribution >= 0.6 is 0 Å². The molecule has 4 aromatic rings. The van der Waals surface area contributed by atoms with Crippen LogP contribution in [0.25, 0.3) is 21.5 Å². The molecule has 4 aliphatic rings. The van der Waals surface area contributed by atoms with Gasteiger partial charge in [-0.05, 0) is 135 Å². The molecule has 1 saturated carbocycles. The monoisotopic (exact) mass is 961 g/mol. The molecule has 0 spiro atoms. The molecule has 71 heavy (non-hydrogen) atoms. The fourth-order valence-corrected chi connectivity index (χ4v) is 13.4. The first-order valence-corrected chi connectivity index (χ1v) is 27.2. The number of anilines is 2. The minimum Gasteiger partial charge on any atom is -0.367 e. The van der Waals surface area contributed by atoms with E-state index in [1.54, 1.807) is 0 Å². The Bertz CT molecular complexity index is 2780. The molecule has 1 saturated heterocycles. The molecular weight excluding hydrogens is 877 g/mol. The summed E-state index contributed by atoms with van der Waals surface area (Å²) < 4.78 is 2.21. The van der Waals surface area contributed by atoms with Crippen molar-refractivity contribution < 1.29 is 23.3 Å². The molecule has 0 N–H and O–H groups in total. The average Bonchev–Trinajstić information content (AvgIpc) is 3.74. The number of allylic oxidation sites excluding steroid dienone is 6. The number of barbiturate groups is 1. The number of rotatable bonds is 17. The Balaban J connectivity index is 1.24. The third-order valence-corrected chi connectivity index (χ3v) is 18.3. The summed E-state index contributed by atoms with van der Waals surface area (Å²) >= 11 is 0. The molecular formula is C62H84N6O3+2. The van der Waals surface area contributed by atoms with Gasteiger partial charge in [0.05, 0.1) is 52.4 Å². The van der Waals surface area contributed by atoms with Gasteiger partial charge >= 0.3 is 6.03 Å². The highest BCUT2D eigenvalue weighted by Crippen LogP contribution is 2.52. The number of hydrogen-bond acceptors (Lipinski definition) is 5. The number of imide groups is 2. The van der Waals surface area contributed by atoms with Crippen molar-refractivity contribution in [3.63, 3.8) is 0 Å². The molecule has 9 heteroatoms. The van der Waals surface area contributed by atoms with Gasteiger partial charge in [0.1, 0.15) is 5.57 Å². The Morgan fingerprint density at radius 3 is 1.66 bits per heavy atom. The number of hydrogen-bond donors (Lipinski definition) is 0. The summed E-state index contributed by atoms with van der Waals surface area (Å²) in [4.78, 5) is 49.8. The standard InChI is InChI=1S/C62H84N6O3/c1-13-67(14-2,15-3)42-24-40-65-50-36-32-44-26-19-21-30-48(44)56(50)61(7,8)52(65)38-34-46-28-23-29-47(54(46)55-58(69)63(11)60(71)64(12)59(55)70)35-39-53-62(9,10)57-49-31-22-20-27-45(49)33-37-51(57)66(53)41-25-43-68(16-4,17-5)18-6/h19-22,26-27,30-38,53H,13-18,23-25,28-29,39-43H2,1-12H3/q+2/b46-34+,47-35+,52-38+. The van der Waals surface area contributed by atoms with Crippen molar-refractivity contribution in [2.24, 2.45) is 0 Å². The van der Waals surface area contributed by atoms with Crippen LogP contribution in [0, 0.1) is 0 Å². The second-order valence-electron chi connectivity index (χ2n) is 22.1. The number of amides is 4. The van der Waals surface area contributed by atoms with Crippen molar-refractivity contribution in [2.75, 3.05) is 89.3 Å². The number of fused-ring (bicyclic) bond motifs is 6. The van der Waals surface area contributed by atoms with Crippen molar-refractivity contribution in [3.8, 4) is 0 Å². The molecule has 4 aromatic carbocycles. The van der Waals surface area contributed by atoms with Gasteiger partial charge in [0.2, 0.25) is 0 Å². The second-order valence-corrected chi connectivity index (χ2v) is 22.1. The van der Waals surface area contributed by atoms with Crippen molar-refractivity contribution in [1.29, 1.82) is 0 Å². The van der Waals surface area contributed by atoms with E-state index in [0.717, 1.165) is 127 Å². The van der Waals surface area contributed by atoms with E-state index in [1.165, 1.54) is 63.8 Å². The largest absolute Gasteiger partial charge is 0.367 e. The van der Waals surface area contributed by atoms with Crippen LogP contribution in [0.3, 0.4) is 0 Å². The summed E-state index contributed by atoms with van der Waals surface area (Å²) in [6, 6.07) is 26.3. The zero-order chi connectivity index (χ0) is 51.0. The molecule has 8 rings (SSSR count). The molecule has 0 bridgehead atoms. The van der Waals surface area contributed by atoms with Crippen LogP contribution in [0.4, 0.5) is 16.2 Å². The zero-order valence-electron chi connectivity index (χ0n) is 45.5. The molecule has 1 unspecified atom stereocenters. The summed E-state index contributed by atoms with van der Waals surface area (Å²) in [6.07, 6.45) is 12.1. The topological polar surface area (TPSA) is 64.2 Å². The third kappa shape index (κ3) is 9.09. The maximum atomic E-state index is 14.5. The van der Waals surface area contributed by atoms with Crippen molar-refractivity contribution >= 4 is 50.8 Å². The number of likely N-dealkylation sites (N-methyl/N-ethyl adjacent to an activating group) is 2. The first-order chi connectivity index (χ1) is 34.0. The van der Waals surface area contributed by atoms with E-state index in [-0.39, 0.29) is 22.4 Å². The van der Waals surface area contributed by atoms with E-state index in [9.17, 15) is 14.4 Å². The number of quaternary nitrogens is 2. The molecule has 3 heterocycles. The number of carbonyl (C=O) groups excluding carboxylic acids is 3. The van der Waals surface area contributed by atoms with Gasteiger partial charge in [-0.2, -0.15) is 0 Å². The van der Waals surface area contributed by atoms with Crippen LogP contribution in [-0.2, 0) is 20.4 Å². The average molecular weight is 961 g/mol. The number of benzene rings is 4. The first kappa shape index (κ1) is 51.8. The summed E-state index contributed by atoms with van der Waals surface area (Å²) in [5.74, 6) is -1.06. The maximum absolute atomic E-state index is 14.5. The summed E-state index contributed by atoms with van der Waals surface area (Å²) in [7, 11) is 3.00. The highest BCUT2D eigenvalue weighted by atomic mass is 16.2. The Labute approximate surface area is 426 Å². The van der Waals surface area contributed by atoms with Crippen LogP contribution in [0.2, 0.25) is 0 Å². The van der Waals surface area contributed by atoms with Gasteiger partial charge in [-0.1, -0.05) is 101 Å². The Morgan fingerprint density at radius 1 is 0.592 bits per heavy atom.